The van der Waals surface area contributed by atoms with Gasteiger partial charge in [0.15, 0.2) is 5.65 Å². The van der Waals surface area contributed by atoms with Gasteiger partial charge in [-0.2, -0.15) is 9.61 Å². The van der Waals surface area contributed by atoms with E-state index >= 15 is 0 Å². The molecule has 2 heterocycles. The smallest absolute Gasteiger partial charge is 0.348 e. The fourth-order valence-corrected chi connectivity index (χ4v) is 2.56. The SMILES string of the molecule is C[C@H](NC(=O)Cn1nc2cccnn2c1=O)c1ccc(Cl)c(Cl)c1. The van der Waals surface area contributed by atoms with Gasteiger partial charge in [-0.15, -0.1) is 5.10 Å². The normalized spacial score (nSPS) is 12.3. The van der Waals surface area contributed by atoms with E-state index in [0.717, 1.165) is 14.8 Å². The highest BCUT2D eigenvalue weighted by Crippen LogP contribution is 2.25. The zero-order valence-corrected chi connectivity index (χ0v) is 14.1. The maximum absolute atomic E-state index is 12.2. The van der Waals surface area contributed by atoms with E-state index < -0.39 is 5.69 Å². The molecule has 1 aromatic carbocycles. The molecule has 1 atom stereocenters. The van der Waals surface area contributed by atoms with E-state index in [4.69, 9.17) is 23.2 Å². The minimum atomic E-state index is -0.469. The monoisotopic (exact) mass is 365 g/mol. The molecule has 2 aromatic heterocycles. The van der Waals surface area contributed by atoms with Gasteiger partial charge >= 0.3 is 5.69 Å². The van der Waals surface area contributed by atoms with Crippen molar-refractivity contribution in [1.82, 2.24) is 24.7 Å². The standard InChI is InChI=1S/C15H13Cl2N5O2/c1-9(10-4-5-11(16)12(17)7-10)19-14(23)8-21-15(24)22-13(20-21)3-2-6-18-22/h2-7,9H,8H2,1H3,(H,19,23)/t9-/m0/s1. The lowest BCUT2D eigenvalue weighted by Crippen LogP contribution is -2.34. The van der Waals surface area contributed by atoms with Crippen molar-refractivity contribution < 1.29 is 4.79 Å². The molecule has 0 aliphatic heterocycles. The third-order valence-electron chi connectivity index (χ3n) is 3.47. The van der Waals surface area contributed by atoms with Crippen molar-refractivity contribution in [2.75, 3.05) is 0 Å². The van der Waals surface area contributed by atoms with E-state index in [1.54, 1.807) is 30.3 Å². The fraction of sp³-hybridized carbons (Fsp3) is 0.200. The highest BCUT2D eigenvalue weighted by Gasteiger charge is 2.14. The van der Waals surface area contributed by atoms with Gasteiger partial charge in [-0.3, -0.25) is 4.79 Å². The molecule has 0 radical (unpaired) electrons. The molecule has 0 spiro atoms. The molecule has 3 rings (SSSR count). The first-order valence-electron chi connectivity index (χ1n) is 7.11. The Morgan fingerprint density at radius 1 is 1.29 bits per heavy atom. The number of hydrogen-bond donors (Lipinski definition) is 1. The summed E-state index contributed by atoms with van der Waals surface area (Å²) in [6.45, 7) is 1.61. The van der Waals surface area contributed by atoms with Crippen molar-refractivity contribution in [3.8, 4) is 0 Å². The summed E-state index contributed by atoms with van der Waals surface area (Å²) in [6.07, 6.45) is 1.48. The summed E-state index contributed by atoms with van der Waals surface area (Å²) < 4.78 is 2.20. The van der Waals surface area contributed by atoms with Crippen molar-refractivity contribution in [2.45, 2.75) is 19.5 Å². The molecule has 0 aliphatic rings. The molecule has 0 fully saturated rings. The third kappa shape index (κ3) is 3.27. The summed E-state index contributed by atoms with van der Waals surface area (Å²) >= 11 is 11.9. The highest BCUT2D eigenvalue weighted by atomic mass is 35.5. The number of carbonyl (C=O) groups excluding carboxylic acids is 1. The Morgan fingerprint density at radius 3 is 2.79 bits per heavy atom. The first kappa shape index (κ1) is 16.5. The lowest BCUT2D eigenvalue weighted by molar-refractivity contribution is -0.122. The van der Waals surface area contributed by atoms with Crippen LogP contribution in [0.5, 0.6) is 0 Å². The Bertz CT molecular complexity index is 966. The summed E-state index contributed by atoms with van der Waals surface area (Å²) in [5.41, 5.74) is 0.720. The van der Waals surface area contributed by atoms with E-state index in [9.17, 15) is 9.59 Å². The zero-order chi connectivity index (χ0) is 17.3. The molecule has 0 aliphatic carbocycles. The molecule has 124 valence electrons. The van der Waals surface area contributed by atoms with Gasteiger partial charge in [0, 0.05) is 6.20 Å². The molecule has 0 unspecified atom stereocenters. The molecular weight excluding hydrogens is 353 g/mol. The Morgan fingerprint density at radius 2 is 2.08 bits per heavy atom. The van der Waals surface area contributed by atoms with Crippen LogP contribution in [0.1, 0.15) is 18.5 Å². The molecule has 1 N–H and O–H groups in total. The van der Waals surface area contributed by atoms with E-state index in [1.165, 1.54) is 6.20 Å². The van der Waals surface area contributed by atoms with Crippen LogP contribution >= 0.6 is 23.2 Å². The quantitative estimate of drug-likeness (QED) is 0.767. The van der Waals surface area contributed by atoms with Gasteiger partial charge in [-0.25, -0.2) is 9.48 Å². The van der Waals surface area contributed by atoms with E-state index in [2.05, 4.69) is 15.5 Å². The number of halogens is 2. The molecule has 24 heavy (non-hydrogen) atoms. The minimum absolute atomic E-state index is 0.201. The van der Waals surface area contributed by atoms with Crippen LogP contribution in [0.15, 0.2) is 41.3 Å². The lowest BCUT2D eigenvalue weighted by atomic mass is 10.1. The molecule has 3 aromatic rings. The van der Waals surface area contributed by atoms with Gasteiger partial charge in [-0.05, 0) is 36.8 Å². The topological polar surface area (TPSA) is 81.3 Å². The van der Waals surface area contributed by atoms with Gasteiger partial charge in [0.05, 0.1) is 16.1 Å². The molecule has 0 saturated carbocycles. The predicted molar refractivity (Wildman–Crippen MR) is 90.3 cm³/mol. The van der Waals surface area contributed by atoms with Crippen LogP contribution in [0.2, 0.25) is 10.0 Å². The average molecular weight is 366 g/mol. The van der Waals surface area contributed by atoms with E-state index in [-0.39, 0.29) is 18.5 Å². The number of fused-ring (bicyclic) bond motifs is 1. The predicted octanol–water partition coefficient (Wildman–Crippen LogP) is 2.08. The van der Waals surface area contributed by atoms with Crippen LogP contribution in [0.3, 0.4) is 0 Å². The summed E-state index contributed by atoms with van der Waals surface area (Å²) in [5.74, 6) is -0.348. The number of aromatic nitrogens is 4. The summed E-state index contributed by atoms with van der Waals surface area (Å²) in [4.78, 5) is 24.3. The molecule has 1 amide bonds. The van der Waals surface area contributed by atoms with E-state index in [1.807, 2.05) is 6.92 Å². The second-order valence-electron chi connectivity index (χ2n) is 5.20. The summed E-state index contributed by atoms with van der Waals surface area (Å²) in [7, 11) is 0. The second kappa shape index (κ2) is 6.62. The Hall–Kier alpha value is -2.38. The first-order valence-corrected chi connectivity index (χ1v) is 7.86. The van der Waals surface area contributed by atoms with Crippen LogP contribution in [-0.4, -0.2) is 25.3 Å². The van der Waals surface area contributed by atoms with Crippen molar-refractivity contribution >= 4 is 34.8 Å². The molecule has 0 bridgehead atoms. The van der Waals surface area contributed by atoms with Crippen LogP contribution < -0.4 is 11.0 Å². The number of hydrogen-bond acceptors (Lipinski definition) is 4. The number of nitrogens with one attached hydrogen (secondary N) is 1. The van der Waals surface area contributed by atoms with Crippen LogP contribution in [0, 0.1) is 0 Å². The second-order valence-corrected chi connectivity index (χ2v) is 6.01. The van der Waals surface area contributed by atoms with Crippen LogP contribution in [0.4, 0.5) is 0 Å². The number of nitrogens with zero attached hydrogens (tertiary/aromatic N) is 4. The van der Waals surface area contributed by atoms with Crippen LogP contribution in [-0.2, 0) is 11.3 Å². The van der Waals surface area contributed by atoms with Gasteiger partial charge in [0.25, 0.3) is 0 Å². The summed E-state index contributed by atoms with van der Waals surface area (Å²) in [6, 6.07) is 8.15. The Labute approximate surface area is 146 Å². The van der Waals surface area contributed by atoms with Gasteiger partial charge in [0.2, 0.25) is 5.91 Å². The van der Waals surface area contributed by atoms with Crippen molar-refractivity contribution in [1.29, 1.82) is 0 Å². The third-order valence-corrected chi connectivity index (χ3v) is 4.21. The molecular formula is C15H13Cl2N5O2. The Kier molecular flexibility index (Phi) is 4.55. The van der Waals surface area contributed by atoms with Gasteiger partial charge in [-0.1, -0.05) is 29.3 Å². The van der Waals surface area contributed by atoms with Gasteiger partial charge < -0.3 is 5.32 Å². The maximum Gasteiger partial charge on any atom is 0.367 e. The van der Waals surface area contributed by atoms with Crippen molar-refractivity contribution in [3.63, 3.8) is 0 Å². The number of benzene rings is 1. The zero-order valence-electron chi connectivity index (χ0n) is 12.6. The largest absolute Gasteiger partial charge is 0.367 e. The van der Waals surface area contributed by atoms with E-state index in [0.29, 0.717) is 15.7 Å². The maximum atomic E-state index is 12.2. The number of carbonyl (C=O) groups is 1. The van der Waals surface area contributed by atoms with Crippen molar-refractivity contribution in [2.24, 2.45) is 0 Å². The highest BCUT2D eigenvalue weighted by molar-refractivity contribution is 6.42. The summed E-state index contributed by atoms with van der Waals surface area (Å²) in [5, 5.41) is 11.6. The minimum Gasteiger partial charge on any atom is -0.348 e. The number of rotatable bonds is 4. The Balaban J connectivity index is 1.73. The first-order chi connectivity index (χ1) is 11.5. The lowest BCUT2D eigenvalue weighted by Gasteiger charge is -2.14. The van der Waals surface area contributed by atoms with Crippen molar-refractivity contribution in [3.05, 3.63) is 62.6 Å². The number of amides is 1. The van der Waals surface area contributed by atoms with Gasteiger partial charge in [0.1, 0.15) is 6.54 Å². The fourth-order valence-electron chi connectivity index (χ4n) is 2.25. The van der Waals surface area contributed by atoms with Crippen LogP contribution in [0.25, 0.3) is 5.65 Å². The molecule has 0 saturated heterocycles. The molecule has 9 heteroatoms. The molecule has 7 nitrogen and oxygen atoms in total. The average Bonchev–Trinajstić information content (AvgIpc) is 2.86.